The smallest absolute Gasteiger partial charge is 0.168 e. The molecule has 0 saturated carbocycles. The van der Waals surface area contributed by atoms with Gasteiger partial charge in [-0.2, -0.15) is 0 Å². The zero-order chi connectivity index (χ0) is 18.3. The van der Waals surface area contributed by atoms with Crippen LogP contribution in [0, 0.1) is 6.92 Å². The third kappa shape index (κ3) is 2.86. The molecule has 0 radical (unpaired) electrons. The van der Waals surface area contributed by atoms with Crippen LogP contribution in [0.25, 0.3) is 0 Å². The molecule has 0 amide bonds. The quantitative estimate of drug-likeness (QED) is 0.587. The number of aldehydes is 1. The highest BCUT2D eigenvalue weighted by atomic mass is 79.9. The summed E-state index contributed by atoms with van der Waals surface area (Å²) in [6, 6.07) is 7.65. The molecule has 2 N–H and O–H groups in total. The van der Waals surface area contributed by atoms with Crippen LogP contribution in [0.15, 0.2) is 28.7 Å². The second-order valence-electron chi connectivity index (χ2n) is 6.53. The lowest BCUT2D eigenvalue weighted by molar-refractivity contribution is -0.118. The van der Waals surface area contributed by atoms with Gasteiger partial charge in [0.2, 0.25) is 0 Å². The molecule has 0 heterocycles. The first-order valence-electron chi connectivity index (χ1n) is 8.15. The number of ketones is 1. The number of fused-ring (bicyclic) bond motifs is 1. The van der Waals surface area contributed by atoms with Gasteiger partial charge in [-0.1, -0.05) is 28.1 Å². The molecule has 25 heavy (non-hydrogen) atoms. The summed E-state index contributed by atoms with van der Waals surface area (Å²) in [6.07, 6.45) is 1.88. The van der Waals surface area contributed by atoms with Gasteiger partial charge >= 0.3 is 0 Å². The van der Waals surface area contributed by atoms with Crippen LogP contribution in [0.2, 0.25) is 0 Å². The first-order valence-corrected chi connectivity index (χ1v) is 8.94. The van der Waals surface area contributed by atoms with Crippen LogP contribution in [0.3, 0.4) is 0 Å². The van der Waals surface area contributed by atoms with Gasteiger partial charge in [0.25, 0.3) is 0 Å². The summed E-state index contributed by atoms with van der Waals surface area (Å²) in [5, 5.41) is 20.3. The van der Waals surface area contributed by atoms with Crippen molar-refractivity contribution in [3.63, 3.8) is 0 Å². The summed E-state index contributed by atoms with van der Waals surface area (Å²) < 4.78 is 0.937. The fourth-order valence-corrected chi connectivity index (χ4v) is 4.31. The fraction of sp³-hybridized carbons (Fsp3) is 0.300. The Morgan fingerprint density at radius 2 is 1.88 bits per heavy atom. The minimum absolute atomic E-state index is 0.0415. The maximum atomic E-state index is 12.5. The van der Waals surface area contributed by atoms with E-state index < -0.39 is 0 Å². The van der Waals surface area contributed by atoms with Gasteiger partial charge in [0, 0.05) is 10.4 Å². The van der Waals surface area contributed by atoms with Crippen LogP contribution in [-0.2, 0) is 11.2 Å². The lowest BCUT2D eigenvalue weighted by atomic mass is 9.78. The van der Waals surface area contributed by atoms with Crippen molar-refractivity contribution in [1.82, 2.24) is 0 Å². The molecule has 1 aliphatic rings. The Bertz CT molecular complexity index is 855. The molecule has 1 aliphatic carbocycles. The number of carbonyl (C=O) groups excluding carboxylic acids is 2. The van der Waals surface area contributed by atoms with E-state index in [1.54, 1.807) is 13.8 Å². The number of hydrogen-bond donors (Lipinski definition) is 2. The molecule has 0 spiro atoms. The minimum Gasteiger partial charge on any atom is -0.504 e. The molecule has 2 aromatic carbocycles. The zero-order valence-electron chi connectivity index (χ0n) is 14.0. The molecular weight excluding hydrogens is 384 g/mol. The van der Waals surface area contributed by atoms with E-state index in [9.17, 15) is 19.8 Å². The van der Waals surface area contributed by atoms with Crippen LogP contribution >= 0.6 is 15.9 Å². The molecule has 0 bridgehead atoms. The van der Waals surface area contributed by atoms with E-state index in [4.69, 9.17) is 0 Å². The standard InChI is InChI=1S/C20H19BrO4/c1-10-17-14(16(9-22)20(25)19(10)24)7-8-15(17)18(11(2)23)12-3-5-13(21)6-4-12/h3-6,9,15,18,24-25H,7-8H2,1-2H3. The first kappa shape index (κ1) is 17.7. The predicted molar refractivity (Wildman–Crippen MR) is 98.5 cm³/mol. The Morgan fingerprint density at radius 1 is 1.24 bits per heavy atom. The van der Waals surface area contributed by atoms with Gasteiger partial charge in [-0.3, -0.25) is 9.59 Å². The number of hydrogen-bond acceptors (Lipinski definition) is 4. The average molecular weight is 403 g/mol. The van der Waals surface area contributed by atoms with Crippen LogP contribution in [0.5, 0.6) is 11.5 Å². The number of rotatable bonds is 4. The SMILES string of the molecule is CC(=O)C(c1ccc(Br)cc1)C1CCc2c(C=O)c(O)c(O)c(C)c21. The number of phenolic OH excluding ortho intramolecular Hbond substituents is 2. The van der Waals surface area contributed by atoms with Gasteiger partial charge in [-0.05, 0) is 67.0 Å². The Labute approximate surface area is 154 Å². The van der Waals surface area contributed by atoms with Crippen molar-refractivity contribution >= 4 is 28.0 Å². The average Bonchev–Trinajstić information content (AvgIpc) is 2.99. The second-order valence-corrected chi connectivity index (χ2v) is 7.45. The molecule has 0 aromatic heterocycles. The molecule has 2 unspecified atom stereocenters. The first-order chi connectivity index (χ1) is 11.9. The topological polar surface area (TPSA) is 74.6 Å². The normalized spacial score (nSPS) is 17.2. The fourth-order valence-electron chi connectivity index (χ4n) is 4.04. The lowest BCUT2D eigenvalue weighted by Crippen LogP contribution is -2.17. The molecule has 0 aliphatic heterocycles. The Balaban J connectivity index is 2.18. The predicted octanol–water partition coefficient (Wildman–Crippen LogP) is 4.38. The van der Waals surface area contributed by atoms with Crippen molar-refractivity contribution in [1.29, 1.82) is 0 Å². The van der Waals surface area contributed by atoms with E-state index >= 15 is 0 Å². The lowest BCUT2D eigenvalue weighted by Gasteiger charge is -2.25. The highest BCUT2D eigenvalue weighted by molar-refractivity contribution is 9.10. The molecule has 4 nitrogen and oxygen atoms in total. The number of aromatic hydroxyl groups is 2. The summed E-state index contributed by atoms with van der Waals surface area (Å²) in [5.41, 5.74) is 3.16. The van der Waals surface area contributed by atoms with E-state index in [1.165, 1.54) is 0 Å². The van der Waals surface area contributed by atoms with Crippen molar-refractivity contribution in [2.45, 2.75) is 38.5 Å². The minimum atomic E-state index is -0.366. The maximum absolute atomic E-state index is 12.5. The van der Waals surface area contributed by atoms with E-state index in [0.29, 0.717) is 24.7 Å². The van der Waals surface area contributed by atoms with Crippen LogP contribution in [-0.4, -0.2) is 22.3 Å². The van der Waals surface area contributed by atoms with Crippen molar-refractivity contribution in [3.05, 3.63) is 56.6 Å². The van der Waals surface area contributed by atoms with Crippen LogP contribution in [0.1, 0.15) is 57.8 Å². The summed E-state index contributed by atoms with van der Waals surface area (Å²) in [5.74, 6) is -1.07. The Kier molecular flexibility index (Phi) is 4.69. The second kappa shape index (κ2) is 6.64. The van der Waals surface area contributed by atoms with E-state index in [2.05, 4.69) is 15.9 Å². The summed E-state index contributed by atoms with van der Waals surface area (Å²) >= 11 is 3.40. The third-order valence-electron chi connectivity index (χ3n) is 5.15. The molecule has 0 saturated heterocycles. The maximum Gasteiger partial charge on any atom is 0.168 e. The molecule has 2 aromatic rings. The monoisotopic (exact) mass is 402 g/mol. The Morgan fingerprint density at radius 3 is 2.44 bits per heavy atom. The van der Waals surface area contributed by atoms with Gasteiger partial charge in [0.1, 0.15) is 5.78 Å². The highest BCUT2D eigenvalue weighted by Gasteiger charge is 2.37. The van der Waals surface area contributed by atoms with Crippen LogP contribution < -0.4 is 0 Å². The summed E-state index contributed by atoms with van der Waals surface area (Å²) in [6.45, 7) is 3.29. The molecular formula is C20H19BrO4. The largest absolute Gasteiger partial charge is 0.504 e. The van der Waals surface area contributed by atoms with Crippen molar-refractivity contribution in [3.8, 4) is 11.5 Å². The highest BCUT2D eigenvalue weighted by Crippen LogP contribution is 2.50. The molecule has 3 rings (SSSR count). The van der Waals surface area contributed by atoms with Crippen molar-refractivity contribution in [2.75, 3.05) is 0 Å². The zero-order valence-corrected chi connectivity index (χ0v) is 15.6. The number of halogens is 1. The number of Topliss-reactive ketones (excluding diaryl/α,β-unsaturated/α-hetero) is 1. The number of benzene rings is 2. The Hall–Kier alpha value is -2.14. The molecule has 130 valence electrons. The molecule has 0 fully saturated rings. The number of phenols is 2. The molecule has 5 heteroatoms. The van der Waals surface area contributed by atoms with Gasteiger partial charge in [-0.25, -0.2) is 0 Å². The summed E-state index contributed by atoms with van der Waals surface area (Å²) in [4.78, 5) is 23.9. The van der Waals surface area contributed by atoms with Gasteiger partial charge in [-0.15, -0.1) is 0 Å². The van der Waals surface area contributed by atoms with Gasteiger partial charge in [0.05, 0.1) is 5.56 Å². The summed E-state index contributed by atoms with van der Waals surface area (Å²) in [7, 11) is 0. The van der Waals surface area contributed by atoms with Crippen LogP contribution in [0.4, 0.5) is 0 Å². The number of carbonyl (C=O) groups is 2. The van der Waals surface area contributed by atoms with Crippen molar-refractivity contribution in [2.24, 2.45) is 0 Å². The third-order valence-corrected chi connectivity index (χ3v) is 5.68. The van der Waals surface area contributed by atoms with E-state index in [-0.39, 0.29) is 34.7 Å². The van der Waals surface area contributed by atoms with Crippen molar-refractivity contribution < 1.29 is 19.8 Å². The van der Waals surface area contributed by atoms with E-state index in [0.717, 1.165) is 21.2 Å². The molecule has 2 atom stereocenters. The van der Waals surface area contributed by atoms with Gasteiger partial charge < -0.3 is 10.2 Å². The van der Waals surface area contributed by atoms with E-state index in [1.807, 2.05) is 24.3 Å². The van der Waals surface area contributed by atoms with Gasteiger partial charge in [0.15, 0.2) is 17.8 Å².